The van der Waals surface area contributed by atoms with Crippen molar-refractivity contribution in [2.75, 3.05) is 13.7 Å². The zero-order valence-electron chi connectivity index (χ0n) is 12.3. The van der Waals surface area contributed by atoms with Gasteiger partial charge in [0, 0.05) is 0 Å². The highest BCUT2D eigenvalue weighted by molar-refractivity contribution is 5.84. The van der Waals surface area contributed by atoms with E-state index in [1.54, 1.807) is 13.4 Å². The van der Waals surface area contributed by atoms with Gasteiger partial charge in [-0.2, -0.15) is 0 Å². The Morgan fingerprint density at radius 2 is 1.90 bits per heavy atom. The molecule has 0 aliphatic carbocycles. The molecule has 0 aliphatic heterocycles. The van der Waals surface area contributed by atoms with Crippen LogP contribution in [0.3, 0.4) is 0 Å². The molecule has 3 nitrogen and oxygen atoms in total. The molecule has 1 unspecified atom stereocenters. The van der Waals surface area contributed by atoms with Gasteiger partial charge in [-0.15, -0.1) is 0 Å². The third-order valence-electron chi connectivity index (χ3n) is 3.64. The van der Waals surface area contributed by atoms with Crippen molar-refractivity contribution in [1.82, 2.24) is 5.32 Å². The van der Waals surface area contributed by atoms with Crippen LogP contribution in [0.2, 0.25) is 0 Å². The van der Waals surface area contributed by atoms with E-state index in [1.165, 1.54) is 16.3 Å². The van der Waals surface area contributed by atoms with Gasteiger partial charge < -0.3 is 14.5 Å². The summed E-state index contributed by atoms with van der Waals surface area (Å²) >= 11 is 0. The number of nitrogens with one attached hydrogen (secondary N) is 1. The van der Waals surface area contributed by atoms with E-state index >= 15 is 0 Å². The van der Waals surface area contributed by atoms with Crippen molar-refractivity contribution in [3.63, 3.8) is 0 Å². The van der Waals surface area contributed by atoms with Gasteiger partial charge in [0.15, 0.2) is 0 Å². The van der Waals surface area contributed by atoms with Gasteiger partial charge in [-0.25, -0.2) is 0 Å². The predicted molar refractivity (Wildman–Crippen MR) is 84.7 cm³/mol. The normalized spacial score (nSPS) is 12.5. The first kappa shape index (κ1) is 13.7. The molecule has 1 heterocycles. The maximum Gasteiger partial charge on any atom is 0.125 e. The van der Waals surface area contributed by atoms with Crippen LogP contribution in [0.15, 0.2) is 59.2 Å². The van der Waals surface area contributed by atoms with E-state index < -0.39 is 0 Å². The zero-order chi connectivity index (χ0) is 14.7. The number of rotatable bonds is 5. The summed E-state index contributed by atoms with van der Waals surface area (Å²) in [6.07, 6.45) is 1.71. The lowest BCUT2D eigenvalue weighted by Crippen LogP contribution is -2.21. The Bertz CT molecular complexity index is 719. The molecule has 2 aromatic carbocycles. The Morgan fingerprint density at radius 3 is 2.62 bits per heavy atom. The molecule has 108 valence electrons. The Morgan fingerprint density at radius 1 is 1.10 bits per heavy atom. The predicted octanol–water partition coefficient (Wildman–Crippen LogP) is 4.14. The first-order valence-electron chi connectivity index (χ1n) is 7.16. The average molecular weight is 281 g/mol. The van der Waals surface area contributed by atoms with E-state index in [1.807, 2.05) is 24.3 Å². The van der Waals surface area contributed by atoms with Crippen molar-refractivity contribution in [1.29, 1.82) is 0 Å². The Balaban J connectivity index is 2.02. The summed E-state index contributed by atoms with van der Waals surface area (Å²) in [5.74, 6) is 1.81. The fourth-order valence-electron chi connectivity index (χ4n) is 2.59. The van der Waals surface area contributed by atoms with Gasteiger partial charge in [-0.05, 0) is 53.2 Å². The van der Waals surface area contributed by atoms with E-state index in [0.717, 1.165) is 18.1 Å². The third kappa shape index (κ3) is 2.78. The number of fused-ring (bicyclic) bond motifs is 1. The van der Waals surface area contributed by atoms with Gasteiger partial charge in [-0.1, -0.05) is 25.1 Å². The van der Waals surface area contributed by atoms with Crippen molar-refractivity contribution in [2.24, 2.45) is 0 Å². The molecule has 0 aliphatic rings. The van der Waals surface area contributed by atoms with Crippen LogP contribution in [0, 0.1) is 0 Å². The van der Waals surface area contributed by atoms with Gasteiger partial charge >= 0.3 is 0 Å². The zero-order valence-corrected chi connectivity index (χ0v) is 12.3. The highest BCUT2D eigenvalue weighted by Gasteiger charge is 2.15. The molecule has 1 N–H and O–H groups in total. The molecule has 0 bridgehead atoms. The molecule has 21 heavy (non-hydrogen) atoms. The van der Waals surface area contributed by atoms with Crippen molar-refractivity contribution >= 4 is 10.8 Å². The van der Waals surface area contributed by atoms with Crippen LogP contribution in [0.5, 0.6) is 5.75 Å². The van der Waals surface area contributed by atoms with Crippen molar-refractivity contribution in [2.45, 2.75) is 13.0 Å². The van der Waals surface area contributed by atoms with Crippen LogP contribution in [0.25, 0.3) is 10.8 Å². The lowest BCUT2D eigenvalue weighted by molar-refractivity contribution is 0.415. The lowest BCUT2D eigenvalue weighted by Gasteiger charge is -2.16. The second-order valence-corrected chi connectivity index (χ2v) is 4.98. The largest absolute Gasteiger partial charge is 0.497 e. The second kappa shape index (κ2) is 6.02. The number of benzene rings is 2. The quantitative estimate of drug-likeness (QED) is 0.763. The maximum atomic E-state index is 5.57. The van der Waals surface area contributed by atoms with Gasteiger partial charge in [0.1, 0.15) is 11.5 Å². The number of hydrogen-bond acceptors (Lipinski definition) is 3. The Kier molecular flexibility index (Phi) is 3.93. The number of furan rings is 1. The fraction of sp³-hybridized carbons (Fsp3) is 0.222. The lowest BCUT2D eigenvalue weighted by atomic mass is 10.00. The highest BCUT2D eigenvalue weighted by Crippen LogP contribution is 2.27. The standard InChI is InChI=1S/C18H19NO2/c1-3-19-18(17-5-4-10-21-17)15-7-6-14-12-16(20-2)9-8-13(14)11-15/h4-12,18-19H,3H2,1-2H3. The van der Waals surface area contributed by atoms with Crippen LogP contribution >= 0.6 is 0 Å². The fourth-order valence-corrected chi connectivity index (χ4v) is 2.59. The minimum Gasteiger partial charge on any atom is -0.497 e. The molecule has 0 amide bonds. The summed E-state index contributed by atoms with van der Waals surface area (Å²) in [4.78, 5) is 0. The smallest absolute Gasteiger partial charge is 0.125 e. The Hall–Kier alpha value is -2.26. The average Bonchev–Trinajstić information content (AvgIpc) is 3.05. The van der Waals surface area contributed by atoms with Crippen molar-refractivity contribution in [3.05, 3.63) is 66.1 Å². The third-order valence-corrected chi connectivity index (χ3v) is 3.64. The van der Waals surface area contributed by atoms with E-state index in [4.69, 9.17) is 9.15 Å². The topological polar surface area (TPSA) is 34.4 Å². The molecule has 0 saturated carbocycles. The van der Waals surface area contributed by atoms with Crippen LogP contribution in [-0.4, -0.2) is 13.7 Å². The number of ether oxygens (including phenoxy) is 1. The summed E-state index contributed by atoms with van der Waals surface area (Å²) in [5, 5.41) is 5.84. The molecule has 0 radical (unpaired) electrons. The van der Waals surface area contributed by atoms with Crippen molar-refractivity contribution < 1.29 is 9.15 Å². The number of methoxy groups -OCH3 is 1. The van der Waals surface area contributed by atoms with E-state index in [9.17, 15) is 0 Å². The molecular weight excluding hydrogens is 262 g/mol. The SMILES string of the molecule is CCNC(c1ccc2cc(OC)ccc2c1)c1ccco1. The minimum absolute atomic E-state index is 0.0801. The summed E-state index contributed by atoms with van der Waals surface area (Å²) < 4.78 is 10.8. The van der Waals surface area contributed by atoms with E-state index in [-0.39, 0.29) is 6.04 Å². The van der Waals surface area contributed by atoms with Gasteiger partial charge in [0.2, 0.25) is 0 Å². The van der Waals surface area contributed by atoms with Gasteiger partial charge in [0.05, 0.1) is 19.4 Å². The number of hydrogen-bond donors (Lipinski definition) is 1. The van der Waals surface area contributed by atoms with E-state index in [2.05, 4.69) is 36.5 Å². The summed E-state index contributed by atoms with van der Waals surface area (Å²) in [7, 11) is 1.69. The molecule has 1 atom stereocenters. The summed E-state index contributed by atoms with van der Waals surface area (Å²) in [6.45, 7) is 2.98. The van der Waals surface area contributed by atoms with Crippen molar-refractivity contribution in [3.8, 4) is 5.75 Å². The first-order chi connectivity index (χ1) is 10.3. The van der Waals surface area contributed by atoms with Crippen LogP contribution in [0.1, 0.15) is 24.3 Å². The summed E-state index contributed by atoms with van der Waals surface area (Å²) in [5.41, 5.74) is 1.20. The Labute approximate surface area is 124 Å². The molecule has 1 aromatic heterocycles. The first-order valence-corrected chi connectivity index (χ1v) is 7.16. The molecule has 3 heteroatoms. The maximum absolute atomic E-state index is 5.57. The minimum atomic E-state index is 0.0801. The van der Waals surface area contributed by atoms with Gasteiger partial charge in [-0.3, -0.25) is 0 Å². The van der Waals surface area contributed by atoms with Gasteiger partial charge in [0.25, 0.3) is 0 Å². The van der Waals surface area contributed by atoms with Crippen LogP contribution in [-0.2, 0) is 0 Å². The second-order valence-electron chi connectivity index (χ2n) is 4.98. The monoisotopic (exact) mass is 281 g/mol. The molecule has 0 saturated heterocycles. The molecule has 3 aromatic rings. The summed E-state index contributed by atoms with van der Waals surface area (Å²) in [6, 6.07) is 16.6. The molecule has 3 rings (SSSR count). The molecular formula is C18H19NO2. The molecule has 0 fully saturated rings. The highest BCUT2D eigenvalue weighted by atomic mass is 16.5. The molecule has 0 spiro atoms. The van der Waals surface area contributed by atoms with Crippen LogP contribution < -0.4 is 10.1 Å². The van der Waals surface area contributed by atoms with Crippen LogP contribution in [0.4, 0.5) is 0 Å². The van der Waals surface area contributed by atoms with E-state index in [0.29, 0.717) is 0 Å².